The molecule has 0 radical (unpaired) electrons. The van der Waals surface area contributed by atoms with Crippen LogP contribution >= 0.6 is 11.6 Å². The average Bonchev–Trinajstić information content (AvgIpc) is 2.84. The Morgan fingerprint density at radius 1 is 1.09 bits per heavy atom. The van der Waals surface area contributed by atoms with Crippen LogP contribution in [0.5, 0.6) is 0 Å². The highest BCUT2D eigenvalue weighted by Crippen LogP contribution is 2.32. The monoisotopic (exact) mass is 493 g/mol. The Labute approximate surface area is 210 Å². The lowest BCUT2D eigenvalue weighted by molar-refractivity contribution is -0.117. The van der Waals surface area contributed by atoms with Crippen LogP contribution in [0, 0.1) is 12.7 Å². The number of hydrogen-bond acceptors (Lipinski definition) is 2. The van der Waals surface area contributed by atoms with Crippen molar-refractivity contribution in [1.29, 1.82) is 0 Å². The zero-order chi connectivity index (χ0) is 24.9. The van der Waals surface area contributed by atoms with Crippen LogP contribution in [0.4, 0.5) is 20.6 Å². The van der Waals surface area contributed by atoms with Crippen molar-refractivity contribution in [1.82, 2.24) is 4.90 Å². The van der Waals surface area contributed by atoms with E-state index < -0.39 is 5.82 Å². The summed E-state index contributed by atoms with van der Waals surface area (Å²) in [5, 5.41) is 3.50. The average molecular weight is 494 g/mol. The molecule has 182 valence electrons. The lowest BCUT2D eigenvalue weighted by atomic mass is 9.95. The third kappa shape index (κ3) is 5.65. The van der Waals surface area contributed by atoms with Gasteiger partial charge in [0.05, 0.1) is 17.3 Å². The second-order valence-electron chi connectivity index (χ2n) is 8.83. The fourth-order valence-corrected chi connectivity index (χ4v) is 4.66. The molecule has 0 spiro atoms. The smallest absolute Gasteiger partial charge is 0.324 e. The first-order chi connectivity index (χ1) is 16.9. The van der Waals surface area contributed by atoms with Gasteiger partial charge in [-0.1, -0.05) is 54.9 Å². The molecule has 4 rings (SSSR count). The molecule has 3 aromatic carbocycles. The first-order valence-electron chi connectivity index (χ1n) is 11.8. The summed E-state index contributed by atoms with van der Waals surface area (Å²) in [4.78, 5) is 30.1. The van der Waals surface area contributed by atoms with Gasteiger partial charge in [-0.2, -0.15) is 0 Å². The van der Waals surface area contributed by atoms with Gasteiger partial charge in [0.25, 0.3) is 0 Å². The number of halogens is 2. The molecule has 1 heterocycles. The third-order valence-corrected chi connectivity index (χ3v) is 6.68. The van der Waals surface area contributed by atoms with E-state index in [9.17, 15) is 14.0 Å². The molecule has 7 heteroatoms. The van der Waals surface area contributed by atoms with Gasteiger partial charge in [0.2, 0.25) is 5.91 Å². The molecule has 1 aliphatic rings. The predicted octanol–water partition coefficient (Wildman–Crippen LogP) is 6.75. The zero-order valence-corrected chi connectivity index (χ0v) is 20.7. The molecule has 1 saturated heterocycles. The summed E-state index contributed by atoms with van der Waals surface area (Å²) in [6.45, 7) is 5.21. The van der Waals surface area contributed by atoms with Crippen LogP contribution in [-0.2, 0) is 11.3 Å². The largest absolute Gasteiger partial charge is 0.324 e. The minimum Gasteiger partial charge on any atom is -0.324 e. The van der Waals surface area contributed by atoms with Crippen LogP contribution in [0.15, 0.2) is 66.7 Å². The highest BCUT2D eigenvalue weighted by atomic mass is 35.5. The summed E-state index contributed by atoms with van der Waals surface area (Å²) in [7, 11) is 0. The van der Waals surface area contributed by atoms with Crippen molar-refractivity contribution >= 4 is 34.9 Å². The number of amides is 3. The quantitative estimate of drug-likeness (QED) is 0.395. The SMILES string of the molecule is CCC(C(=O)Nc1cc(C)ccc1N1CCCN(Cc2cc(F)ccc2Cl)C1=O)c1ccccc1. The van der Waals surface area contributed by atoms with Gasteiger partial charge in [-0.25, -0.2) is 9.18 Å². The zero-order valence-electron chi connectivity index (χ0n) is 19.9. The van der Waals surface area contributed by atoms with E-state index in [4.69, 9.17) is 11.6 Å². The molecule has 1 unspecified atom stereocenters. The molecular formula is C28H29ClFN3O2. The fourth-order valence-electron chi connectivity index (χ4n) is 4.49. The van der Waals surface area contributed by atoms with Crippen LogP contribution in [0.25, 0.3) is 0 Å². The van der Waals surface area contributed by atoms with Gasteiger partial charge in [0.15, 0.2) is 0 Å². The van der Waals surface area contributed by atoms with Gasteiger partial charge < -0.3 is 10.2 Å². The predicted molar refractivity (Wildman–Crippen MR) is 138 cm³/mol. The number of carbonyl (C=O) groups excluding carboxylic acids is 2. The van der Waals surface area contributed by atoms with Gasteiger partial charge in [-0.05, 0) is 66.8 Å². The van der Waals surface area contributed by atoms with Gasteiger partial charge in [0, 0.05) is 24.7 Å². The van der Waals surface area contributed by atoms with E-state index in [-0.39, 0.29) is 24.4 Å². The highest BCUT2D eigenvalue weighted by molar-refractivity contribution is 6.31. The highest BCUT2D eigenvalue weighted by Gasteiger charge is 2.30. The summed E-state index contributed by atoms with van der Waals surface area (Å²) in [5.41, 5.74) is 3.74. The summed E-state index contributed by atoms with van der Waals surface area (Å²) >= 11 is 6.24. The standard InChI is InChI=1S/C28H29ClFN3O2/c1-3-23(20-8-5-4-6-9-20)27(34)31-25-16-19(2)10-13-26(25)33-15-7-14-32(28(33)35)18-21-17-22(30)11-12-24(21)29/h4-6,8-13,16-17,23H,3,7,14-15,18H2,1-2H3,(H,31,34). The number of hydrogen-bond donors (Lipinski definition) is 1. The van der Waals surface area contributed by atoms with Crippen molar-refractivity contribution < 1.29 is 14.0 Å². The Morgan fingerprint density at radius 2 is 1.86 bits per heavy atom. The number of benzene rings is 3. The van der Waals surface area contributed by atoms with Crippen LogP contribution in [-0.4, -0.2) is 29.9 Å². The molecule has 35 heavy (non-hydrogen) atoms. The van der Waals surface area contributed by atoms with Crippen LogP contribution < -0.4 is 10.2 Å². The minimum atomic E-state index is -0.391. The normalized spacial score (nSPS) is 14.7. The molecule has 0 bridgehead atoms. The van der Waals surface area contributed by atoms with Gasteiger partial charge in [0.1, 0.15) is 5.82 Å². The molecule has 0 aromatic heterocycles. The van der Waals surface area contributed by atoms with E-state index in [2.05, 4.69) is 5.32 Å². The lowest BCUT2D eigenvalue weighted by Crippen LogP contribution is -2.49. The second kappa shape index (κ2) is 10.9. The number of carbonyl (C=O) groups is 2. The van der Waals surface area contributed by atoms with Crippen molar-refractivity contribution in [3.63, 3.8) is 0 Å². The molecule has 0 aliphatic carbocycles. The second-order valence-corrected chi connectivity index (χ2v) is 9.23. The Hall–Kier alpha value is -3.38. The van der Waals surface area contributed by atoms with E-state index in [1.807, 2.05) is 62.4 Å². The van der Waals surface area contributed by atoms with E-state index in [1.54, 1.807) is 9.80 Å². The van der Waals surface area contributed by atoms with Gasteiger partial charge >= 0.3 is 6.03 Å². The van der Waals surface area contributed by atoms with Crippen molar-refractivity contribution in [2.24, 2.45) is 0 Å². The maximum Gasteiger partial charge on any atom is 0.324 e. The summed E-state index contributed by atoms with van der Waals surface area (Å²) in [5.74, 6) is -0.801. The van der Waals surface area contributed by atoms with Crippen LogP contribution in [0.2, 0.25) is 5.02 Å². The number of urea groups is 1. The molecule has 5 nitrogen and oxygen atoms in total. The van der Waals surface area contributed by atoms with E-state index in [0.717, 1.165) is 17.5 Å². The Balaban J connectivity index is 1.58. The number of rotatable bonds is 7. The number of aryl methyl sites for hydroxylation is 1. The number of anilines is 2. The Morgan fingerprint density at radius 3 is 2.60 bits per heavy atom. The first-order valence-corrected chi connectivity index (χ1v) is 12.2. The van der Waals surface area contributed by atoms with Crippen molar-refractivity contribution in [2.75, 3.05) is 23.3 Å². The van der Waals surface area contributed by atoms with Crippen molar-refractivity contribution in [2.45, 2.75) is 39.2 Å². The maximum atomic E-state index is 13.8. The van der Waals surface area contributed by atoms with Crippen molar-refractivity contribution in [3.05, 3.63) is 94.3 Å². The molecule has 1 aliphatic heterocycles. The third-order valence-electron chi connectivity index (χ3n) is 6.31. The number of nitrogens with zero attached hydrogens (tertiary/aromatic N) is 2. The minimum absolute atomic E-state index is 0.113. The van der Waals surface area contributed by atoms with Crippen LogP contribution in [0.1, 0.15) is 42.4 Å². The van der Waals surface area contributed by atoms with Gasteiger partial charge in [-0.3, -0.25) is 9.69 Å². The summed E-state index contributed by atoms with van der Waals surface area (Å²) in [6, 6.07) is 19.3. The summed E-state index contributed by atoms with van der Waals surface area (Å²) in [6.07, 6.45) is 1.39. The molecule has 1 fully saturated rings. The molecular weight excluding hydrogens is 465 g/mol. The Bertz CT molecular complexity index is 1220. The van der Waals surface area contributed by atoms with E-state index >= 15 is 0 Å². The van der Waals surface area contributed by atoms with Crippen molar-refractivity contribution in [3.8, 4) is 0 Å². The molecule has 3 aromatic rings. The number of nitrogens with one attached hydrogen (secondary N) is 1. The maximum absolute atomic E-state index is 13.8. The molecule has 0 saturated carbocycles. The fraction of sp³-hybridized carbons (Fsp3) is 0.286. The molecule has 3 amide bonds. The van der Waals surface area contributed by atoms with Crippen LogP contribution in [0.3, 0.4) is 0 Å². The topological polar surface area (TPSA) is 52.7 Å². The Kier molecular flexibility index (Phi) is 7.71. The van der Waals surface area contributed by atoms with E-state index in [1.165, 1.54) is 18.2 Å². The summed E-state index contributed by atoms with van der Waals surface area (Å²) < 4.78 is 13.8. The molecule has 1 N–H and O–H groups in total. The molecule has 1 atom stereocenters. The lowest BCUT2D eigenvalue weighted by Gasteiger charge is -2.36. The van der Waals surface area contributed by atoms with E-state index in [0.29, 0.717) is 41.5 Å². The first kappa shape index (κ1) is 24.7. The van der Waals surface area contributed by atoms with Gasteiger partial charge in [-0.15, -0.1) is 0 Å².